The molecule has 0 unspecified atom stereocenters. The smallest absolute Gasteiger partial charge is 0.394 e. The van der Waals surface area contributed by atoms with Crippen molar-refractivity contribution in [2.45, 2.75) is 31.0 Å². The number of aliphatic hydroxyl groups is 2. The molecule has 11 heteroatoms. The number of fused-ring (bicyclic) bond motifs is 1. The molecular formula is C11H12F3N5O3. The molecule has 4 N–H and O–H groups in total. The van der Waals surface area contributed by atoms with E-state index in [4.69, 9.17) is 15.6 Å². The predicted octanol–water partition coefficient (Wildman–Crippen LogP) is 0.0680. The van der Waals surface area contributed by atoms with Gasteiger partial charge in [-0.25, -0.2) is 15.0 Å². The number of alkyl halides is 3. The highest BCUT2D eigenvalue weighted by Gasteiger charge is 2.44. The predicted molar refractivity (Wildman–Crippen MR) is 66.4 cm³/mol. The van der Waals surface area contributed by atoms with E-state index in [-0.39, 0.29) is 23.4 Å². The second-order valence-electron chi connectivity index (χ2n) is 4.85. The number of halogens is 3. The van der Waals surface area contributed by atoms with Crippen molar-refractivity contribution in [2.75, 3.05) is 12.3 Å². The molecule has 120 valence electrons. The summed E-state index contributed by atoms with van der Waals surface area (Å²) in [5, 5.41) is 18.8. The fourth-order valence-electron chi connectivity index (χ4n) is 2.44. The minimum absolute atomic E-state index is 0.135. The molecule has 1 aliphatic rings. The Morgan fingerprint density at radius 3 is 2.73 bits per heavy atom. The van der Waals surface area contributed by atoms with Gasteiger partial charge in [-0.1, -0.05) is 0 Å². The van der Waals surface area contributed by atoms with Gasteiger partial charge in [0.2, 0.25) is 5.82 Å². The molecule has 3 rings (SSSR count). The number of aliphatic hydroxyl groups excluding tert-OH is 2. The van der Waals surface area contributed by atoms with Gasteiger partial charge in [0.1, 0.15) is 18.7 Å². The van der Waals surface area contributed by atoms with Crippen LogP contribution in [0, 0.1) is 0 Å². The standard InChI is InChI=1S/C11H12F3N5O3/c12-11(13,14)10-18-7-8(15)16-3-17-9(7)19(10)6-1-4(21)5(2-20)22-6/h3-6,20-21H,1-2H2,(H2,15,16,17)/t4-,5+,6+/m0/s1. The lowest BCUT2D eigenvalue weighted by atomic mass is 10.2. The molecule has 0 amide bonds. The molecule has 0 aliphatic carbocycles. The van der Waals surface area contributed by atoms with Gasteiger partial charge in [0.15, 0.2) is 17.0 Å². The summed E-state index contributed by atoms with van der Waals surface area (Å²) in [5.74, 6) is -1.43. The summed E-state index contributed by atoms with van der Waals surface area (Å²) in [4.78, 5) is 10.9. The van der Waals surface area contributed by atoms with Crippen LogP contribution in [0.1, 0.15) is 18.5 Å². The number of nitrogen functional groups attached to an aromatic ring is 1. The van der Waals surface area contributed by atoms with Crippen LogP contribution in [0.4, 0.5) is 19.0 Å². The zero-order chi connectivity index (χ0) is 16.1. The SMILES string of the molecule is Nc1ncnc2c1nc(C(F)(F)F)n2[C@H]1C[C@H](O)[C@@H](CO)O1. The van der Waals surface area contributed by atoms with E-state index in [0.717, 1.165) is 10.9 Å². The van der Waals surface area contributed by atoms with Crippen molar-refractivity contribution in [3.05, 3.63) is 12.2 Å². The lowest BCUT2D eigenvalue weighted by molar-refractivity contribution is -0.152. The maximum absolute atomic E-state index is 13.2. The molecule has 22 heavy (non-hydrogen) atoms. The van der Waals surface area contributed by atoms with Crippen LogP contribution in [0.2, 0.25) is 0 Å². The summed E-state index contributed by atoms with van der Waals surface area (Å²) in [6, 6.07) is 0. The number of ether oxygens (including phenoxy) is 1. The highest BCUT2D eigenvalue weighted by atomic mass is 19.4. The van der Waals surface area contributed by atoms with Gasteiger partial charge in [0, 0.05) is 6.42 Å². The Bertz CT molecular complexity index is 704. The number of imidazole rings is 1. The summed E-state index contributed by atoms with van der Waals surface area (Å²) in [7, 11) is 0. The van der Waals surface area contributed by atoms with E-state index in [9.17, 15) is 18.3 Å². The monoisotopic (exact) mass is 319 g/mol. The fraction of sp³-hybridized carbons (Fsp3) is 0.545. The molecule has 0 aromatic carbocycles. The molecule has 0 spiro atoms. The average Bonchev–Trinajstić information content (AvgIpc) is 2.99. The van der Waals surface area contributed by atoms with Gasteiger partial charge < -0.3 is 20.7 Å². The van der Waals surface area contributed by atoms with Crippen molar-refractivity contribution >= 4 is 17.0 Å². The van der Waals surface area contributed by atoms with Gasteiger partial charge in [0.05, 0.1) is 12.7 Å². The van der Waals surface area contributed by atoms with Crippen molar-refractivity contribution in [3.63, 3.8) is 0 Å². The van der Waals surface area contributed by atoms with Crippen LogP contribution in [-0.2, 0) is 10.9 Å². The number of nitrogens with zero attached hydrogens (tertiary/aromatic N) is 4. The third-order valence-electron chi connectivity index (χ3n) is 3.43. The molecule has 0 bridgehead atoms. The molecule has 1 fully saturated rings. The van der Waals surface area contributed by atoms with Crippen LogP contribution in [0.3, 0.4) is 0 Å². The van der Waals surface area contributed by atoms with Gasteiger partial charge in [-0.15, -0.1) is 0 Å². The van der Waals surface area contributed by atoms with Crippen molar-refractivity contribution in [1.29, 1.82) is 0 Å². The molecule has 0 saturated carbocycles. The fourth-order valence-corrected chi connectivity index (χ4v) is 2.44. The summed E-state index contributed by atoms with van der Waals surface area (Å²) in [5.41, 5.74) is 5.20. The highest BCUT2D eigenvalue weighted by Crippen LogP contribution is 2.38. The number of nitrogens with two attached hydrogens (primary N) is 1. The molecule has 3 heterocycles. The minimum atomic E-state index is -4.77. The third kappa shape index (κ3) is 2.26. The van der Waals surface area contributed by atoms with E-state index in [1.54, 1.807) is 0 Å². The van der Waals surface area contributed by atoms with E-state index in [2.05, 4.69) is 15.0 Å². The summed E-state index contributed by atoms with van der Waals surface area (Å²) in [6.45, 7) is -0.511. The Morgan fingerprint density at radius 1 is 1.41 bits per heavy atom. The third-order valence-corrected chi connectivity index (χ3v) is 3.43. The van der Waals surface area contributed by atoms with Crippen molar-refractivity contribution < 1.29 is 28.1 Å². The van der Waals surface area contributed by atoms with Crippen LogP contribution in [0.15, 0.2) is 6.33 Å². The first-order valence-electron chi connectivity index (χ1n) is 6.33. The molecule has 2 aromatic heterocycles. The van der Waals surface area contributed by atoms with E-state index >= 15 is 0 Å². The summed E-state index contributed by atoms with van der Waals surface area (Å²) >= 11 is 0. The Morgan fingerprint density at radius 2 is 2.14 bits per heavy atom. The first-order valence-corrected chi connectivity index (χ1v) is 6.33. The van der Waals surface area contributed by atoms with Crippen LogP contribution in [0.25, 0.3) is 11.2 Å². The first kappa shape index (κ1) is 14.9. The largest absolute Gasteiger partial charge is 0.449 e. The molecule has 8 nitrogen and oxygen atoms in total. The zero-order valence-corrected chi connectivity index (χ0v) is 11.0. The van der Waals surface area contributed by atoms with E-state index < -0.39 is 37.0 Å². The topological polar surface area (TPSA) is 119 Å². The summed E-state index contributed by atoms with van der Waals surface area (Å²) < 4.78 is 45.6. The van der Waals surface area contributed by atoms with Crippen molar-refractivity contribution in [2.24, 2.45) is 0 Å². The van der Waals surface area contributed by atoms with Gasteiger partial charge >= 0.3 is 6.18 Å². The van der Waals surface area contributed by atoms with Gasteiger partial charge in [0.25, 0.3) is 0 Å². The lowest BCUT2D eigenvalue weighted by Crippen LogP contribution is -2.24. The maximum atomic E-state index is 13.2. The van der Waals surface area contributed by atoms with Crippen molar-refractivity contribution in [3.8, 4) is 0 Å². The van der Waals surface area contributed by atoms with Crippen LogP contribution in [0.5, 0.6) is 0 Å². The highest BCUT2D eigenvalue weighted by molar-refractivity contribution is 5.82. The Hall–Kier alpha value is -1.98. The number of anilines is 1. The number of hydrogen-bond donors (Lipinski definition) is 3. The normalized spacial score (nSPS) is 26.0. The van der Waals surface area contributed by atoms with Crippen LogP contribution >= 0.6 is 0 Å². The van der Waals surface area contributed by atoms with E-state index in [0.29, 0.717) is 0 Å². The molecule has 0 radical (unpaired) electrons. The molecule has 1 aliphatic heterocycles. The summed E-state index contributed by atoms with van der Waals surface area (Å²) in [6.07, 6.45) is -7.11. The quantitative estimate of drug-likeness (QED) is 0.716. The lowest BCUT2D eigenvalue weighted by Gasteiger charge is -2.17. The van der Waals surface area contributed by atoms with Gasteiger partial charge in [-0.05, 0) is 0 Å². The van der Waals surface area contributed by atoms with Gasteiger partial charge in [-0.2, -0.15) is 13.2 Å². The second kappa shape index (κ2) is 5.04. The second-order valence-corrected chi connectivity index (χ2v) is 4.85. The number of hydrogen-bond acceptors (Lipinski definition) is 7. The van der Waals surface area contributed by atoms with Crippen LogP contribution < -0.4 is 5.73 Å². The van der Waals surface area contributed by atoms with E-state index in [1.165, 1.54) is 0 Å². The number of rotatable bonds is 2. The average molecular weight is 319 g/mol. The van der Waals surface area contributed by atoms with Crippen LogP contribution in [-0.4, -0.2) is 48.5 Å². The molecule has 1 saturated heterocycles. The first-order chi connectivity index (χ1) is 10.3. The minimum Gasteiger partial charge on any atom is -0.394 e. The Balaban J connectivity index is 2.17. The van der Waals surface area contributed by atoms with Crippen molar-refractivity contribution in [1.82, 2.24) is 19.5 Å². The zero-order valence-electron chi connectivity index (χ0n) is 11.0. The van der Waals surface area contributed by atoms with Gasteiger partial charge in [-0.3, -0.25) is 4.57 Å². The maximum Gasteiger partial charge on any atom is 0.449 e. The Kier molecular flexibility index (Phi) is 3.42. The Labute approximate surface area is 121 Å². The molecule has 2 aromatic rings. The van der Waals surface area contributed by atoms with E-state index in [1.807, 2.05) is 0 Å². The molecule has 3 atom stereocenters. The number of aromatic nitrogens is 4. The molecular weight excluding hydrogens is 307 g/mol.